The summed E-state index contributed by atoms with van der Waals surface area (Å²) in [5.41, 5.74) is 3.42. The van der Waals surface area contributed by atoms with Crippen molar-refractivity contribution >= 4 is 5.91 Å². The van der Waals surface area contributed by atoms with E-state index in [1.54, 1.807) is 17.0 Å². The summed E-state index contributed by atoms with van der Waals surface area (Å²) >= 11 is 0. The van der Waals surface area contributed by atoms with E-state index in [0.29, 0.717) is 13.1 Å². The van der Waals surface area contributed by atoms with E-state index in [2.05, 4.69) is 6.07 Å². The number of rotatable bonds is 1. The highest BCUT2D eigenvalue weighted by molar-refractivity contribution is 5.94. The predicted molar refractivity (Wildman–Crippen MR) is 76.0 cm³/mol. The van der Waals surface area contributed by atoms with Gasteiger partial charge in [-0.15, -0.1) is 0 Å². The van der Waals surface area contributed by atoms with Crippen molar-refractivity contribution in [2.75, 3.05) is 6.54 Å². The van der Waals surface area contributed by atoms with Gasteiger partial charge >= 0.3 is 0 Å². The second kappa shape index (κ2) is 5.08. The second-order valence-corrected chi connectivity index (χ2v) is 5.23. The number of nitrogens with zero attached hydrogens (tertiary/aromatic N) is 1. The molecule has 2 aromatic rings. The number of aryl methyl sites for hydroxylation is 1. The molecule has 0 saturated carbocycles. The number of halogens is 1. The van der Waals surface area contributed by atoms with Gasteiger partial charge in [0.05, 0.1) is 5.56 Å². The van der Waals surface area contributed by atoms with Crippen molar-refractivity contribution in [3.05, 3.63) is 70.5 Å². The summed E-state index contributed by atoms with van der Waals surface area (Å²) in [5, 5.41) is 0. The molecule has 0 unspecified atom stereocenters. The number of carbonyl (C=O) groups excluding carboxylic acids is 1. The number of benzene rings is 2. The van der Waals surface area contributed by atoms with Crippen LogP contribution in [0.4, 0.5) is 4.39 Å². The van der Waals surface area contributed by atoms with Crippen LogP contribution in [-0.2, 0) is 13.0 Å². The van der Waals surface area contributed by atoms with Crippen LogP contribution in [0.2, 0.25) is 0 Å². The van der Waals surface area contributed by atoms with E-state index in [9.17, 15) is 9.18 Å². The van der Waals surface area contributed by atoms with E-state index in [4.69, 9.17) is 0 Å². The number of hydrogen-bond donors (Lipinski definition) is 0. The van der Waals surface area contributed by atoms with Crippen LogP contribution in [-0.4, -0.2) is 17.4 Å². The predicted octanol–water partition coefficient (Wildman–Crippen LogP) is 3.33. The fraction of sp³-hybridized carbons (Fsp3) is 0.235. The average molecular weight is 269 g/mol. The third-order valence-electron chi connectivity index (χ3n) is 3.77. The van der Waals surface area contributed by atoms with Crippen LogP contribution < -0.4 is 0 Å². The Morgan fingerprint density at radius 3 is 2.65 bits per heavy atom. The zero-order chi connectivity index (χ0) is 14.1. The van der Waals surface area contributed by atoms with Gasteiger partial charge in [-0.1, -0.05) is 30.3 Å². The number of amides is 1. The molecule has 0 spiro atoms. The van der Waals surface area contributed by atoms with Gasteiger partial charge in [0.15, 0.2) is 0 Å². The Morgan fingerprint density at radius 1 is 1.15 bits per heavy atom. The second-order valence-electron chi connectivity index (χ2n) is 5.23. The zero-order valence-corrected chi connectivity index (χ0v) is 11.4. The van der Waals surface area contributed by atoms with Gasteiger partial charge in [0.1, 0.15) is 5.82 Å². The van der Waals surface area contributed by atoms with Gasteiger partial charge in [0, 0.05) is 13.1 Å². The first-order chi connectivity index (χ1) is 9.65. The number of carbonyl (C=O) groups is 1. The maximum atomic E-state index is 13.9. The van der Waals surface area contributed by atoms with Crippen LogP contribution in [0, 0.1) is 12.7 Å². The van der Waals surface area contributed by atoms with Crippen molar-refractivity contribution in [3.63, 3.8) is 0 Å². The summed E-state index contributed by atoms with van der Waals surface area (Å²) in [4.78, 5) is 14.1. The average Bonchev–Trinajstić information content (AvgIpc) is 2.46. The van der Waals surface area contributed by atoms with Crippen LogP contribution in [0.1, 0.15) is 27.0 Å². The largest absolute Gasteiger partial charge is 0.334 e. The molecular weight excluding hydrogens is 253 g/mol. The first-order valence-electron chi connectivity index (χ1n) is 6.77. The fourth-order valence-corrected chi connectivity index (χ4v) is 2.63. The van der Waals surface area contributed by atoms with Crippen LogP contribution in [0.3, 0.4) is 0 Å². The summed E-state index contributed by atoms with van der Waals surface area (Å²) in [7, 11) is 0. The molecule has 1 aliphatic rings. The van der Waals surface area contributed by atoms with Crippen LogP contribution in [0.25, 0.3) is 0 Å². The van der Waals surface area contributed by atoms with E-state index in [0.717, 1.165) is 17.5 Å². The molecule has 0 N–H and O–H groups in total. The van der Waals surface area contributed by atoms with E-state index in [1.807, 2.05) is 25.1 Å². The molecule has 0 aromatic heterocycles. The third-order valence-corrected chi connectivity index (χ3v) is 3.77. The quantitative estimate of drug-likeness (QED) is 0.777. The van der Waals surface area contributed by atoms with E-state index in [-0.39, 0.29) is 11.5 Å². The standard InChI is InChI=1S/C17H16FNO/c1-12-6-7-15(16(18)10-12)17(20)19-9-8-13-4-2-3-5-14(13)11-19/h2-7,10H,8-9,11H2,1H3. The smallest absolute Gasteiger partial charge is 0.257 e. The monoisotopic (exact) mass is 269 g/mol. The first kappa shape index (κ1) is 12.9. The number of hydrogen-bond acceptors (Lipinski definition) is 1. The molecule has 0 atom stereocenters. The van der Waals surface area contributed by atoms with Gasteiger partial charge < -0.3 is 4.90 Å². The molecule has 2 nitrogen and oxygen atoms in total. The topological polar surface area (TPSA) is 20.3 Å². The highest BCUT2D eigenvalue weighted by Crippen LogP contribution is 2.21. The van der Waals surface area contributed by atoms with Crippen molar-refractivity contribution < 1.29 is 9.18 Å². The lowest BCUT2D eigenvalue weighted by molar-refractivity contribution is 0.0730. The van der Waals surface area contributed by atoms with Crippen LogP contribution >= 0.6 is 0 Å². The summed E-state index contributed by atoms with van der Waals surface area (Å²) in [6, 6.07) is 12.9. The van der Waals surface area contributed by atoms with Crippen LogP contribution in [0.5, 0.6) is 0 Å². The molecule has 0 saturated heterocycles. The Balaban J connectivity index is 1.86. The molecule has 1 heterocycles. The van der Waals surface area contributed by atoms with Crippen molar-refractivity contribution in [1.82, 2.24) is 4.90 Å². The van der Waals surface area contributed by atoms with Crippen LogP contribution in [0.15, 0.2) is 42.5 Å². The lowest BCUT2D eigenvalue weighted by Crippen LogP contribution is -2.36. The number of fused-ring (bicyclic) bond motifs is 1. The Morgan fingerprint density at radius 2 is 1.90 bits per heavy atom. The van der Waals surface area contributed by atoms with E-state index in [1.165, 1.54) is 11.6 Å². The Labute approximate surface area is 117 Å². The van der Waals surface area contributed by atoms with Crippen molar-refractivity contribution in [1.29, 1.82) is 0 Å². The molecule has 102 valence electrons. The Bertz CT molecular complexity index is 666. The van der Waals surface area contributed by atoms with Gasteiger partial charge in [-0.2, -0.15) is 0 Å². The molecule has 0 bridgehead atoms. The molecule has 0 aliphatic carbocycles. The molecule has 0 radical (unpaired) electrons. The van der Waals surface area contributed by atoms with Gasteiger partial charge in [-0.25, -0.2) is 4.39 Å². The Kier molecular flexibility index (Phi) is 3.26. The van der Waals surface area contributed by atoms with Crippen molar-refractivity contribution in [2.24, 2.45) is 0 Å². The normalized spacial score (nSPS) is 14.0. The molecule has 20 heavy (non-hydrogen) atoms. The van der Waals surface area contributed by atoms with E-state index >= 15 is 0 Å². The highest BCUT2D eigenvalue weighted by atomic mass is 19.1. The summed E-state index contributed by atoms with van der Waals surface area (Å²) in [6.45, 7) is 3.01. The van der Waals surface area contributed by atoms with Gasteiger partial charge in [-0.3, -0.25) is 4.79 Å². The first-order valence-corrected chi connectivity index (χ1v) is 6.77. The van der Waals surface area contributed by atoms with E-state index < -0.39 is 5.82 Å². The maximum Gasteiger partial charge on any atom is 0.257 e. The van der Waals surface area contributed by atoms with Crippen molar-refractivity contribution in [3.8, 4) is 0 Å². The molecule has 3 rings (SSSR count). The zero-order valence-electron chi connectivity index (χ0n) is 11.4. The SMILES string of the molecule is Cc1ccc(C(=O)N2CCc3ccccc3C2)c(F)c1. The summed E-state index contributed by atoms with van der Waals surface area (Å²) < 4.78 is 13.9. The fourth-order valence-electron chi connectivity index (χ4n) is 2.63. The lowest BCUT2D eigenvalue weighted by Gasteiger charge is -2.29. The minimum absolute atomic E-state index is 0.162. The summed E-state index contributed by atoms with van der Waals surface area (Å²) in [6.07, 6.45) is 0.829. The minimum Gasteiger partial charge on any atom is -0.334 e. The third kappa shape index (κ3) is 2.31. The summed E-state index contributed by atoms with van der Waals surface area (Å²) in [5.74, 6) is -0.661. The van der Waals surface area contributed by atoms with Crippen molar-refractivity contribution in [2.45, 2.75) is 19.9 Å². The van der Waals surface area contributed by atoms with Gasteiger partial charge in [-0.05, 0) is 42.2 Å². The molecule has 3 heteroatoms. The maximum absolute atomic E-state index is 13.9. The molecular formula is C17H16FNO. The molecule has 0 fully saturated rings. The minimum atomic E-state index is -0.436. The molecule has 1 aliphatic heterocycles. The van der Waals surface area contributed by atoms with Gasteiger partial charge in [0.2, 0.25) is 0 Å². The lowest BCUT2D eigenvalue weighted by atomic mass is 9.99. The van der Waals surface area contributed by atoms with Gasteiger partial charge in [0.25, 0.3) is 5.91 Å². The molecule has 1 amide bonds. The highest BCUT2D eigenvalue weighted by Gasteiger charge is 2.23. The molecule has 2 aromatic carbocycles. The Hall–Kier alpha value is -2.16.